The highest BCUT2D eigenvalue weighted by Crippen LogP contribution is 2.28. The van der Waals surface area contributed by atoms with E-state index < -0.39 is 0 Å². The molecule has 2 N–H and O–H groups in total. The van der Waals surface area contributed by atoms with E-state index in [-0.39, 0.29) is 0 Å². The molecule has 0 aromatic heterocycles. The molecule has 0 atom stereocenters. The molecule has 0 unspecified atom stereocenters. The summed E-state index contributed by atoms with van der Waals surface area (Å²) in [7, 11) is 0. The van der Waals surface area contributed by atoms with Crippen LogP contribution in [0.25, 0.3) is 0 Å². The third kappa shape index (κ3) is 6.28. The molecule has 0 bridgehead atoms. The van der Waals surface area contributed by atoms with Gasteiger partial charge in [0.2, 0.25) is 0 Å². The lowest BCUT2D eigenvalue weighted by Crippen LogP contribution is -2.36. The molecule has 0 saturated carbocycles. The first kappa shape index (κ1) is 22.8. The molecule has 4 nitrogen and oxygen atoms in total. The minimum Gasteiger partial charge on any atom is -0.492 e. The van der Waals surface area contributed by atoms with Crippen LogP contribution in [-0.4, -0.2) is 39.5 Å². The molecule has 3 rings (SSSR count). The van der Waals surface area contributed by atoms with E-state index in [1.165, 1.54) is 11.3 Å². The molecule has 2 aromatic rings. The summed E-state index contributed by atoms with van der Waals surface area (Å²) < 4.78 is 10.8. The molecular weight excluding hydrogens is 395 g/mol. The molecule has 28 heavy (non-hydrogen) atoms. The van der Waals surface area contributed by atoms with Gasteiger partial charge in [0.1, 0.15) is 12.4 Å². The minimum absolute atomic E-state index is 0.519. The van der Waals surface area contributed by atoms with Gasteiger partial charge >= 0.3 is 0 Å². The molecule has 1 aliphatic heterocycles. The van der Waals surface area contributed by atoms with Crippen molar-refractivity contribution in [1.29, 1.82) is 0 Å². The van der Waals surface area contributed by atoms with Gasteiger partial charge in [-0.15, -0.1) is 0 Å². The zero-order chi connectivity index (χ0) is 20.7. The predicted octanol–water partition coefficient (Wildman–Crippen LogP) is 5.09. The first-order chi connectivity index (χ1) is 13.3. The highest BCUT2D eigenvalue weighted by atomic mass is 35.5. The van der Waals surface area contributed by atoms with E-state index >= 15 is 0 Å². The number of hydrogen-bond donors (Lipinski definition) is 1. The average molecular weight is 425 g/mol. The summed E-state index contributed by atoms with van der Waals surface area (Å²) in [5, 5.41) is 1.58. The van der Waals surface area contributed by atoms with Crippen LogP contribution in [-0.2, 0) is 4.74 Å². The topological polar surface area (TPSA) is 47.7 Å². The Bertz CT molecular complexity index is 791. The molecule has 1 aliphatic rings. The van der Waals surface area contributed by atoms with Crippen molar-refractivity contribution in [2.24, 2.45) is 5.73 Å². The van der Waals surface area contributed by atoms with Crippen LogP contribution in [0.1, 0.15) is 22.3 Å². The van der Waals surface area contributed by atoms with E-state index in [2.05, 4.69) is 24.0 Å². The predicted molar refractivity (Wildman–Crippen MR) is 119 cm³/mol. The van der Waals surface area contributed by atoms with Gasteiger partial charge in [-0.2, -0.15) is 0 Å². The fourth-order valence-corrected chi connectivity index (χ4v) is 3.40. The van der Waals surface area contributed by atoms with E-state index in [0.29, 0.717) is 13.2 Å². The Hall–Kier alpha value is -1.46. The Morgan fingerprint density at radius 3 is 2.07 bits per heavy atom. The van der Waals surface area contributed by atoms with E-state index in [1.54, 1.807) is 0 Å². The molecule has 2 aromatic carbocycles. The summed E-state index contributed by atoms with van der Waals surface area (Å²) in [6.07, 6.45) is 0. The standard InChI is InChI=1S/C12H16ClNO.C10H14ClNO/c1-9-7-10(2)12(8-11(9)13)14-3-5-15-6-4-14;1-7-5-8(2)10(6-9(7)11)13-4-3-12/h7-8H,3-6H2,1-2H3;5-6H,3-4,12H2,1-2H3. The lowest BCUT2D eigenvalue weighted by atomic mass is 10.1. The van der Waals surface area contributed by atoms with Crippen molar-refractivity contribution in [2.75, 3.05) is 44.4 Å². The van der Waals surface area contributed by atoms with Gasteiger partial charge in [0, 0.05) is 35.4 Å². The number of anilines is 1. The van der Waals surface area contributed by atoms with Gasteiger partial charge in [0.05, 0.1) is 13.2 Å². The maximum atomic E-state index is 6.15. The Morgan fingerprint density at radius 1 is 0.893 bits per heavy atom. The van der Waals surface area contributed by atoms with Crippen molar-refractivity contribution < 1.29 is 9.47 Å². The molecule has 6 heteroatoms. The van der Waals surface area contributed by atoms with Crippen molar-refractivity contribution in [3.63, 3.8) is 0 Å². The quantitative estimate of drug-likeness (QED) is 0.742. The summed E-state index contributed by atoms with van der Waals surface area (Å²) in [6, 6.07) is 8.06. The molecule has 0 spiro atoms. The van der Waals surface area contributed by atoms with Gasteiger partial charge in [0.25, 0.3) is 0 Å². The SMILES string of the molecule is Cc1cc(C)c(N2CCOCC2)cc1Cl.Cc1cc(C)c(OCCN)cc1Cl. The van der Waals surface area contributed by atoms with Gasteiger partial charge in [0.15, 0.2) is 0 Å². The number of halogens is 2. The largest absolute Gasteiger partial charge is 0.492 e. The number of rotatable bonds is 4. The van der Waals surface area contributed by atoms with Crippen molar-refractivity contribution in [1.82, 2.24) is 0 Å². The monoisotopic (exact) mass is 424 g/mol. The lowest BCUT2D eigenvalue weighted by molar-refractivity contribution is 0.122. The van der Waals surface area contributed by atoms with Crippen LogP contribution in [0, 0.1) is 27.7 Å². The highest BCUT2D eigenvalue weighted by molar-refractivity contribution is 6.31. The minimum atomic E-state index is 0.519. The van der Waals surface area contributed by atoms with Crippen LogP contribution in [0.3, 0.4) is 0 Å². The van der Waals surface area contributed by atoms with Gasteiger partial charge in [-0.05, 0) is 62.1 Å². The molecular formula is C22H30Cl2N2O2. The number of benzene rings is 2. The van der Waals surface area contributed by atoms with Crippen molar-refractivity contribution >= 4 is 28.9 Å². The second-order valence-electron chi connectivity index (χ2n) is 6.99. The summed E-state index contributed by atoms with van der Waals surface area (Å²) in [5.41, 5.74) is 11.2. The Kier molecular flexibility index (Phi) is 8.90. The fraction of sp³-hybridized carbons (Fsp3) is 0.455. The smallest absolute Gasteiger partial charge is 0.123 e. The number of morpholine rings is 1. The molecule has 0 amide bonds. The zero-order valence-electron chi connectivity index (χ0n) is 17.1. The first-order valence-corrected chi connectivity index (χ1v) is 10.3. The maximum Gasteiger partial charge on any atom is 0.123 e. The third-order valence-corrected chi connectivity index (χ3v) is 5.47. The Balaban J connectivity index is 0.000000203. The van der Waals surface area contributed by atoms with Crippen LogP contribution < -0.4 is 15.4 Å². The number of ether oxygens (including phenoxy) is 2. The first-order valence-electron chi connectivity index (χ1n) is 9.52. The Labute approximate surface area is 178 Å². The van der Waals surface area contributed by atoms with Crippen LogP contribution in [0.15, 0.2) is 24.3 Å². The van der Waals surface area contributed by atoms with Crippen LogP contribution in [0.2, 0.25) is 10.0 Å². The Morgan fingerprint density at radius 2 is 1.46 bits per heavy atom. The van der Waals surface area contributed by atoms with Crippen LogP contribution in [0.4, 0.5) is 5.69 Å². The maximum absolute atomic E-state index is 6.15. The van der Waals surface area contributed by atoms with Crippen molar-refractivity contribution in [2.45, 2.75) is 27.7 Å². The second kappa shape index (κ2) is 10.9. The number of nitrogens with two attached hydrogens (primary N) is 1. The zero-order valence-corrected chi connectivity index (χ0v) is 18.7. The van der Waals surface area contributed by atoms with Gasteiger partial charge in [-0.3, -0.25) is 0 Å². The third-order valence-electron chi connectivity index (χ3n) is 4.66. The lowest BCUT2D eigenvalue weighted by Gasteiger charge is -2.30. The van der Waals surface area contributed by atoms with E-state index in [1.807, 2.05) is 32.9 Å². The second-order valence-corrected chi connectivity index (χ2v) is 7.81. The fourth-order valence-electron chi connectivity index (χ4n) is 3.09. The van der Waals surface area contributed by atoms with Gasteiger partial charge in [-0.1, -0.05) is 35.3 Å². The number of hydrogen-bond acceptors (Lipinski definition) is 4. The van der Waals surface area contributed by atoms with Crippen LogP contribution in [0.5, 0.6) is 5.75 Å². The normalized spacial score (nSPS) is 13.8. The van der Waals surface area contributed by atoms with Crippen molar-refractivity contribution in [3.8, 4) is 5.75 Å². The van der Waals surface area contributed by atoms with Crippen LogP contribution >= 0.6 is 23.2 Å². The van der Waals surface area contributed by atoms with E-state index in [4.69, 9.17) is 38.4 Å². The molecule has 1 saturated heterocycles. The summed E-state index contributed by atoms with van der Waals surface area (Å²) >= 11 is 12.1. The van der Waals surface area contributed by atoms with E-state index in [9.17, 15) is 0 Å². The molecule has 1 heterocycles. The van der Waals surface area contributed by atoms with Gasteiger partial charge < -0.3 is 20.1 Å². The van der Waals surface area contributed by atoms with Gasteiger partial charge in [-0.25, -0.2) is 0 Å². The molecule has 0 radical (unpaired) electrons. The number of aryl methyl sites for hydroxylation is 4. The highest BCUT2D eigenvalue weighted by Gasteiger charge is 2.14. The summed E-state index contributed by atoms with van der Waals surface area (Å²) in [4.78, 5) is 2.34. The van der Waals surface area contributed by atoms with E-state index in [0.717, 1.165) is 58.8 Å². The summed E-state index contributed by atoms with van der Waals surface area (Å²) in [5.74, 6) is 0.820. The number of nitrogens with zero attached hydrogens (tertiary/aromatic N) is 1. The molecule has 154 valence electrons. The average Bonchev–Trinajstić information content (AvgIpc) is 2.68. The summed E-state index contributed by atoms with van der Waals surface area (Å²) in [6.45, 7) is 12.7. The van der Waals surface area contributed by atoms with Crippen molar-refractivity contribution in [3.05, 3.63) is 56.6 Å². The molecule has 1 fully saturated rings. The molecule has 0 aliphatic carbocycles.